The van der Waals surface area contributed by atoms with Crippen molar-refractivity contribution in [3.8, 4) is 17.2 Å². The fourth-order valence-corrected chi connectivity index (χ4v) is 3.58. The van der Waals surface area contributed by atoms with E-state index >= 15 is 0 Å². The van der Waals surface area contributed by atoms with Crippen LogP contribution >= 0.6 is 11.6 Å². The molecule has 1 aliphatic rings. The maximum Gasteiger partial charge on any atom is 0.414 e. The average molecular weight is 429 g/mol. The molecule has 0 radical (unpaired) electrons. The molecule has 0 spiro atoms. The van der Waals surface area contributed by atoms with Gasteiger partial charge in [0, 0.05) is 56.4 Å². The quantitative estimate of drug-likeness (QED) is 0.689. The Balaban J connectivity index is 1.56. The average Bonchev–Trinajstić information content (AvgIpc) is 3.16. The molecule has 1 aromatic carbocycles. The molecule has 2 amide bonds. The summed E-state index contributed by atoms with van der Waals surface area (Å²) in [5.74, 6) is 0.0333. The third-order valence-corrected chi connectivity index (χ3v) is 5.32. The van der Waals surface area contributed by atoms with Crippen LogP contribution in [0.15, 0.2) is 40.9 Å². The van der Waals surface area contributed by atoms with Crippen LogP contribution < -0.4 is 10.1 Å². The van der Waals surface area contributed by atoms with Crippen LogP contribution in [0, 0.1) is 0 Å². The highest BCUT2D eigenvalue weighted by Crippen LogP contribution is 2.34. The molecule has 0 unspecified atom stereocenters. The van der Waals surface area contributed by atoms with E-state index < -0.39 is 6.09 Å². The number of carbonyl (C=O) groups excluding carboxylic acids is 2. The van der Waals surface area contributed by atoms with Crippen molar-refractivity contribution in [1.82, 2.24) is 20.1 Å². The van der Waals surface area contributed by atoms with Gasteiger partial charge in [0.25, 0.3) is 11.9 Å². The van der Waals surface area contributed by atoms with Gasteiger partial charge in [0.1, 0.15) is 0 Å². The van der Waals surface area contributed by atoms with Gasteiger partial charge in [-0.05, 0) is 31.3 Å². The number of hydrogen-bond acceptors (Lipinski definition) is 6. The van der Waals surface area contributed by atoms with E-state index in [1.165, 1.54) is 7.05 Å². The predicted molar refractivity (Wildman–Crippen MR) is 113 cm³/mol. The van der Waals surface area contributed by atoms with Crippen LogP contribution in [0.2, 0.25) is 5.02 Å². The Morgan fingerprint density at radius 3 is 2.60 bits per heavy atom. The first-order valence-corrected chi connectivity index (χ1v) is 9.89. The molecule has 8 nitrogen and oxygen atoms in total. The second-order valence-corrected chi connectivity index (χ2v) is 7.52. The Labute approximate surface area is 178 Å². The van der Waals surface area contributed by atoms with Gasteiger partial charge in [-0.3, -0.25) is 9.78 Å². The maximum absolute atomic E-state index is 12.7. The Bertz CT molecular complexity index is 1090. The molecular formula is C21H21ClN4O4. The lowest BCUT2D eigenvalue weighted by Gasteiger charge is -2.32. The molecule has 1 saturated heterocycles. The number of fused-ring (bicyclic) bond motifs is 1. The highest BCUT2D eigenvalue weighted by atomic mass is 35.5. The summed E-state index contributed by atoms with van der Waals surface area (Å²) in [6.07, 6.45) is 0.955. The Hall–Kier alpha value is -3.10. The molecule has 9 heteroatoms. The molecule has 1 aliphatic heterocycles. The lowest BCUT2D eigenvalue weighted by atomic mass is 10.1. The first-order valence-electron chi connectivity index (χ1n) is 9.51. The van der Waals surface area contributed by atoms with E-state index in [0.29, 0.717) is 40.3 Å². The van der Waals surface area contributed by atoms with E-state index in [-0.39, 0.29) is 11.9 Å². The first-order chi connectivity index (χ1) is 14.4. The van der Waals surface area contributed by atoms with Crippen molar-refractivity contribution in [1.29, 1.82) is 0 Å². The molecule has 0 aliphatic carbocycles. The topological polar surface area (TPSA) is 87.9 Å². The van der Waals surface area contributed by atoms with Gasteiger partial charge < -0.3 is 24.3 Å². The molecule has 2 aromatic heterocycles. The molecule has 3 aromatic rings. The number of likely N-dealkylation sites (N-methyl/N-ethyl adjacent to an activating group) is 1. The summed E-state index contributed by atoms with van der Waals surface area (Å²) in [7, 11) is 3.51. The van der Waals surface area contributed by atoms with Crippen LogP contribution in [0.3, 0.4) is 0 Å². The van der Waals surface area contributed by atoms with Crippen molar-refractivity contribution in [2.45, 2.75) is 0 Å². The lowest BCUT2D eigenvalue weighted by molar-refractivity contribution is 0.0663. The number of nitrogens with one attached hydrogen (secondary N) is 1. The van der Waals surface area contributed by atoms with Gasteiger partial charge in [0.2, 0.25) is 0 Å². The molecule has 30 heavy (non-hydrogen) atoms. The molecular weight excluding hydrogens is 408 g/mol. The zero-order valence-electron chi connectivity index (χ0n) is 16.6. The zero-order valence-corrected chi connectivity index (χ0v) is 17.4. The number of carbonyl (C=O) groups is 2. The number of amides is 2. The van der Waals surface area contributed by atoms with E-state index in [2.05, 4.69) is 15.2 Å². The number of nitrogens with zero attached hydrogens (tertiary/aromatic N) is 3. The number of benzene rings is 1. The van der Waals surface area contributed by atoms with Crippen molar-refractivity contribution in [3.63, 3.8) is 0 Å². The summed E-state index contributed by atoms with van der Waals surface area (Å²) in [4.78, 5) is 32.6. The molecule has 0 bridgehead atoms. The summed E-state index contributed by atoms with van der Waals surface area (Å²) in [5.41, 5.74) is 2.41. The number of ether oxygens (including phenoxy) is 1. The van der Waals surface area contributed by atoms with Gasteiger partial charge in [-0.2, -0.15) is 0 Å². The van der Waals surface area contributed by atoms with Crippen LogP contribution in [-0.2, 0) is 0 Å². The SMILES string of the molecule is CNC(=O)Oc1cc2cc(-c3ccc(C(=O)N4CCN(C)CC4)cn3)cc(Cl)c2o1. The minimum absolute atomic E-state index is 0.0125. The second kappa shape index (κ2) is 8.33. The van der Waals surface area contributed by atoms with Crippen LogP contribution in [0.4, 0.5) is 4.79 Å². The third kappa shape index (κ3) is 4.10. The minimum Gasteiger partial charge on any atom is -0.424 e. The van der Waals surface area contributed by atoms with E-state index in [9.17, 15) is 9.59 Å². The van der Waals surface area contributed by atoms with E-state index in [0.717, 1.165) is 18.7 Å². The van der Waals surface area contributed by atoms with E-state index in [4.69, 9.17) is 20.8 Å². The number of aromatic nitrogens is 1. The maximum atomic E-state index is 12.7. The number of pyridine rings is 1. The highest BCUT2D eigenvalue weighted by Gasteiger charge is 2.21. The third-order valence-electron chi connectivity index (χ3n) is 5.04. The van der Waals surface area contributed by atoms with Crippen molar-refractivity contribution < 1.29 is 18.7 Å². The normalized spacial score (nSPS) is 14.7. The van der Waals surface area contributed by atoms with Crippen molar-refractivity contribution >= 4 is 34.6 Å². The summed E-state index contributed by atoms with van der Waals surface area (Å²) in [5, 5.41) is 3.40. The van der Waals surface area contributed by atoms with E-state index in [1.807, 2.05) is 18.0 Å². The Morgan fingerprint density at radius 2 is 1.93 bits per heavy atom. The fraction of sp³-hybridized carbons (Fsp3) is 0.286. The smallest absolute Gasteiger partial charge is 0.414 e. The number of rotatable bonds is 3. The van der Waals surface area contributed by atoms with Crippen LogP contribution in [-0.4, -0.2) is 67.1 Å². The van der Waals surface area contributed by atoms with Crippen molar-refractivity contribution in [3.05, 3.63) is 47.1 Å². The van der Waals surface area contributed by atoms with Crippen LogP contribution in [0.5, 0.6) is 5.95 Å². The standard InChI is InChI=1S/C21H21ClN4O4/c1-23-21(28)30-18-11-15-9-14(10-16(22)19(15)29-18)17-4-3-13(12-24-17)20(27)26-7-5-25(2)6-8-26/h3-4,9-12H,5-8H2,1-2H3,(H,23,28). The fourth-order valence-electron chi connectivity index (χ4n) is 3.31. The molecule has 4 rings (SSSR count). The van der Waals surface area contributed by atoms with Gasteiger partial charge in [-0.15, -0.1) is 0 Å². The Kier molecular flexibility index (Phi) is 5.61. The summed E-state index contributed by atoms with van der Waals surface area (Å²) >= 11 is 6.35. The monoisotopic (exact) mass is 428 g/mol. The number of halogens is 1. The summed E-state index contributed by atoms with van der Waals surface area (Å²) in [6.45, 7) is 3.16. The molecule has 0 atom stereocenters. The van der Waals surface area contributed by atoms with Crippen molar-refractivity contribution in [2.75, 3.05) is 40.3 Å². The molecule has 3 heterocycles. The summed E-state index contributed by atoms with van der Waals surface area (Å²) < 4.78 is 10.5. The van der Waals surface area contributed by atoms with Crippen molar-refractivity contribution in [2.24, 2.45) is 0 Å². The predicted octanol–water partition coefficient (Wildman–Crippen LogP) is 3.25. The van der Waals surface area contributed by atoms with Gasteiger partial charge in [-0.25, -0.2) is 4.79 Å². The molecule has 0 saturated carbocycles. The zero-order chi connectivity index (χ0) is 21.3. The van der Waals surface area contributed by atoms with E-state index in [1.54, 1.807) is 30.5 Å². The largest absolute Gasteiger partial charge is 0.424 e. The number of hydrogen-bond donors (Lipinski definition) is 1. The van der Waals surface area contributed by atoms with Gasteiger partial charge >= 0.3 is 6.09 Å². The lowest BCUT2D eigenvalue weighted by Crippen LogP contribution is -2.47. The molecule has 1 N–H and O–H groups in total. The van der Waals surface area contributed by atoms with Crippen LogP contribution in [0.25, 0.3) is 22.2 Å². The van der Waals surface area contributed by atoms with Gasteiger partial charge in [0.15, 0.2) is 5.58 Å². The summed E-state index contributed by atoms with van der Waals surface area (Å²) in [6, 6.07) is 8.72. The van der Waals surface area contributed by atoms with Crippen LogP contribution in [0.1, 0.15) is 10.4 Å². The number of furan rings is 1. The second-order valence-electron chi connectivity index (χ2n) is 7.11. The first kappa shape index (κ1) is 20.2. The van der Waals surface area contributed by atoms with Gasteiger partial charge in [0.05, 0.1) is 16.3 Å². The number of piperazine rings is 1. The minimum atomic E-state index is -0.632. The Morgan fingerprint density at radius 1 is 1.17 bits per heavy atom. The van der Waals surface area contributed by atoms with Gasteiger partial charge in [-0.1, -0.05) is 11.6 Å². The molecule has 156 valence electrons. The highest BCUT2D eigenvalue weighted by molar-refractivity contribution is 6.35. The molecule has 1 fully saturated rings.